The topological polar surface area (TPSA) is 75.4 Å². The molecule has 1 atom stereocenters. The molecule has 5 nitrogen and oxygen atoms in total. The van der Waals surface area contributed by atoms with Crippen LogP contribution in [0.25, 0.3) is 0 Å². The van der Waals surface area contributed by atoms with Gasteiger partial charge in [-0.15, -0.1) is 0 Å². The van der Waals surface area contributed by atoms with Crippen molar-refractivity contribution in [3.05, 3.63) is 17.8 Å². The van der Waals surface area contributed by atoms with Crippen molar-refractivity contribution in [3.63, 3.8) is 0 Å². The van der Waals surface area contributed by atoms with Crippen molar-refractivity contribution in [2.45, 2.75) is 32.9 Å². The molecule has 0 fully saturated rings. The van der Waals surface area contributed by atoms with E-state index in [9.17, 15) is 4.79 Å². The van der Waals surface area contributed by atoms with Crippen LogP contribution in [0.4, 0.5) is 0 Å². The van der Waals surface area contributed by atoms with Gasteiger partial charge in [0, 0.05) is 6.04 Å². The maximum atomic E-state index is 10.5. The van der Waals surface area contributed by atoms with Crippen LogP contribution < -0.4 is 5.32 Å². The Balaban J connectivity index is 2.48. The van der Waals surface area contributed by atoms with Gasteiger partial charge < -0.3 is 14.8 Å². The number of aromatic carboxylic acids is 1. The summed E-state index contributed by atoms with van der Waals surface area (Å²) < 4.78 is 4.97. The quantitative estimate of drug-likeness (QED) is 0.745. The second-order valence-electron chi connectivity index (χ2n) is 3.12. The fraction of sp³-hybridized carbons (Fsp3) is 0.556. The zero-order valence-electron chi connectivity index (χ0n) is 8.28. The van der Waals surface area contributed by atoms with Crippen LogP contribution >= 0.6 is 0 Å². The van der Waals surface area contributed by atoms with E-state index in [0.717, 1.165) is 12.7 Å². The summed E-state index contributed by atoms with van der Waals surface area (Å²) in [6.07, 6.45) is 2.16. The van der Waals surface area contributed by atoms with Gasteiger partial charge >= 0.3 is 5.97 Å². The van der Waals surface area contributed by atoms with E-state index in [-0.39, 0.29) is 5.69 Å². The predicted molar refractivity (Wildman–Crippen MR) is 50.1 cm³/mol. The first-order valence-corrected chi connectivity index (χ1v) is 4.54. The van der Waals surface area contributed by atoms with Gasteiger partial charge in [-0.1, -0.05) is 6.92 Å². The average molecular weight is 198 g/mol. The Hall–Kier alpha value is -1.36. The lowest BCUT2D eigenvalue weighted by molar-refractivity contribution is 0.0690. The molecule has 1 aromatic rings. The molecule has 78 valence electrons. The zero-order valence-corrected chi connectivity index (χ0v) is 8.28. The molecule has 1 heterocycles. The fourth-order valence-corrected chi connectivity index (χ4v) is 0.896. The van der Waals surface area contributed by atoms with Crippen molar-refractivity contribution >= 4 is 5.97 Å². The maximum Gasteiger partial charge on any atom is 0.357 e. The predicted octanol–water partition coefficient (Wildman–Crippen LogP) is 1.26. The molecule has 14 heavy (non-hydrogen) atoms. The molecule has 0 saturated carbocycles. The van der Waals surface area contributed by atoms with Gasteiger partial charge in [0.05, 0.1) is 6.54 Å². The van der Waals surface area contributed by atoms with Crippen molar-refractivity contribution in [3.8, 4) is 0 Å². The number of carbonyl (C=O) groups is 1. The Morgan fingerprint density at radius 1 is 1.79 bits per heavy atom. The highest BCUT2D eigenvalue weighted by atomic mass is 16.4. The van der Waals surface area contributed by atoms with Crippen LogP contribution in [0.2, 0.25) is 0 Å². The molecule has 0 aromatic carbocycles. The van der Waals surface area contributed by atoms with E-state index < -0.39 is 5.97 Å². The first-order valence-electron chi connectivity index (χ1n) is 4.54. The first-order chi connectivity index (χ1) is 6.63. The van der Waals surface area contributed by atoms with E-state index in [2.05, 4.69) is 17.2 Å². The number of carboxylic acid groups (broad SMARTS) is 1. The van der Waals surface area contributed by atoms with E-state index in [4.69, 9.17) is 9.52 Å². The summed E-state index contributed by atoms with van der Waals surface area (Å²) in [7, 11) is 0. The molecule has 0 aliphatic rings. The van der Waals surface area contributed by atoms with E-state index in [1.807, 2.05) is 6.92 Å². The molecule has 2 N–H and O–H groups in total. The minimum Gasteiger partial charge on any atom is -0.476 e. The SMILES string of the molecule is CCC(C)NCc1nc(C(=O)O)co1. The number of nitrogens with zero attached hydrogens (tertiary/aromatic N) is 1. The largest absolute Gasteiger partial charge is 0.476 e. The van der Waals surface area contributed by atoms with E-state index >= 15 is 0 Å². The normalized spacial score (nSPS) is 12.7. The lowest BCUT2D eigenvalue weighted by atomic mass is 10.3. The molecular formula is C9H14N2O3. The summed E-state index contributed by atoms with van der Waals surface area (Å²) >= 11 is 0. The molecule has 0 aliphatic heterocycles. The van der Waals surface area contributed by atoms with Crippen molar-refractivity contribution in [1.29, 1.82) is 0 Å². The lowest BCUT2D eigenvalue weighted by Gasteiger charge is -2.07. The molecule has 0 saturated heterocycles. The molecule has 1 rings (SSSR count). The van der Waals surface area contributed by atoms with E-state index in [1.165, 1.54) is 0 Å². The number of oxazole rings is 1. The Labute approximate surface area is 82.1 Å². The van der Waals surface area contributed by atoms with Crippen molar-refractivity contribution in [2.24, 2.45) is 0 Å². The molecule has 0 spiro atoms. The van der Waals surface area contributed by atoms with Crippen LogP contribution in [-0.4, -0.2) is 22.1 Å². The number of aromatic nitrogens is 1. The number of hydrogen-bond donors (Lipinski definition) is 2. The Morgan fingerprint density at radius 3 is 3.00 bits per heavy atom. The molecule has 5 heteroatoms. The van der Waals surface area contributed by atoms with E-state index in [1.54, 1.807) is 0 Å². The Bertz CT molecular complexity index is 309. The lowest BCUT2D eigenvalue weighted by Crippen LogP contribution is -2.24. The average Bonchev–Trinajstić information content (AvgIpc) is 2.62. The van der Waals surface area contributed by atoms with Gasteiger partial charge in [-0.3, -0.25) is 0 Å². The Kier molecular flexibility index (Phi) is 3.64. The smallest absolute Gasteiger partial charge is 0.357 e. The van der Waals surface area contributed by atoms with Gasteiger partial charge in [-0.05, 0) is 13.3 Å². The van der Waals surface area contributed by atoms with Gasteiger partial charge in [0.15, 0.2) is 5.69 Å². The van der Waals surface area contributed by atoms with Crippen molar-refractivity contribution in [1.82, 2.24) is 10.3 Å². The second kappa shape index (κ2) is 4.76. The minimum absolute atomic E-state index is 0.0500. The number of rotatable bonds is 5. The van der Waals surface area contributed by atoms with Gasteiger partial charge in [-0.2, -0.15) is 0 Å². The third-order valence-electron chi connectivity index (χ3n) is 1.98. The summed E-state index contributed by atoms with van der Waals surface area (Å²) in [6.45, 7) is 4.57. The van der Waals surface area contributed by atoms with Crippen LogP contribution in [-0.2, 0) is 6.54 Å². The third kappa shape index (κ3) is 2.85. The summed E-state index contributed by atoms with van der Waals surface area (Å²) in [4.78, 5) is 14.3. The van der Waals surface area contributed by atoms with Crippen molar-refractivity contribution < 1.29 is 14.3 Å². The van der Waals surface area contributed by atoms with Gasteiger partial charge in [0.25, 0.3) is 0 Å². The van der Waals surface area contributed by atoms with Crippen molar-refractivity contribution in [2.75, 3.05) is 0 Å². The van der Waals surface area contributed by atoms with E-state index in [0.29, 0.717) is 18.5 Å². The van der Waals surface area contributed by atoms with Gasteiger partial charge in [0.1, 0.15) is 6.26 Å². The summed E-state index contributed by atoms with van der Waals surface area (Å²) in [6, 6.07) is 0.371. The minimum atomic E-state index is -1.07. The molecule has 0 bridgehead atoms. The summed E-state index contributed by atoms with van der Waals surface area (Å²) in [5, 5.41) is 11.7. The molecule has 0 amide bonds. The molecule has 1 unspecified atom stereocenters. The van der Waals surface area contributed by atoms with Crippen LogP contribution in [0.3, 0.4) is 0 Å². The Morgan fingerprint density at radius 2 is 2.50 bits per heavy atom. The molecule has 1 aromatic heterocycles. The first kappa shape index (κ1) is 10.7. The summed E-state index contributed by atoms with van der Waals surface area (Å²) in [5.41, 5.74) is -0.0500. The standard InChI is InChI=1S/C9H14N2O3/c1-3-6(2)10-4-8-11-7(5-14-8)9(12)13/h5-6,10H,3-4H2,1-2H3,(H,12,13). The second-order valence-corrected chi connectivity index (χ2v) is 3.12. The molecule has 0 radical (unpaired) electrons. The molecular weight excluding hydrogens is 184 g/mol. The highest BCUT2D eigenvalue weighted by Crippen LogP contribution is 2.02. The van der Waals surface area contributed by atoms with Gasteiger partial charge in [-0.25, -0.2) is 9.78 Å². The number of carboxylic acids is 1. The fourth-order valence-electron chi connectivity index (χ4n) is 0.896. The highest BCUT2D eigenvalue weighted by Gasteiger charge is 2.10. The van der Waals surface area contributed by atoms with Crippen LogP contribution in [0.15, 0.2) is 10.7 Å². The third-order valence-corrected chi connectivity index (χ3v) is 1.98. The van der Waals surface area contributed by atoms with Gasteiger partial charge in [0.2, 0.25) is 5.89 Å². The highest BCUT2D eigenvalue weighted by molar-refractivity contribution is 5.84. The maximum absolute atomic E-state index is 10.5. The summed E-state index contributed by atoms with van der Waals surface area (Å²) in [5.74, 6) is -0.661. The van der Waals surface area contributed by atoms with Crippen LogP contribution in [0.1, 0.15) is 36.6 Å². The number of nitrogens with one attached hydrogen (secondary N) is 1. The molecule has 0 aliphatic carbocycles. The van der Waals surface area contributed by atoms with Crippen LogP contribution in [0, 0.1) is 0 Å². The monoisotopic (exact) mass is 198 g/mol. The number of hydrogen-bond acceptors (Lipinski definition) is 4. The zero-order chi connectivity index (χ0) is 10.6. The van der Waals surface area contributed by atoms with Crippen LogP contribution in [0.5, 0.6) is 0 Å².